The van der Waals surface area contributed by atoms with E-state index in [4.69, 9.17) is 4.52 Å². The Hall–Kier alpha value is -2.42. The number of nitrogens with one attached hydrogen (secondary N) is 1. The van der Waals surface area contributed by atoms with Crippen molar-refractivity contribution in [3.8, 4) is 0 Å². The second-order valence-corrected chi connectivity index (χ2v) is 9.82. The lowest BCUT2D eigenvalue weighted by atomic mass is 10.0. The number of anilines is 1. The van der Waals surface area contributed by atoms with Gasteiger partial charge < -0.3 is 14.7 Å². The van der Waals surface area contributed by atoms with E-state index in [1.807, 2.05) is 19.1 Å². The molecule has 3 rings (SSSR count). The molecule has 0 unspecified atom stereocenters. The summed E-state index contributed by atoms with van der Waals surface area (Å²) in [5.41, 5.74) is 1.01. The summed E-state index contributed by atoms with van der Waals surface area (Å²) in [4.78, 5) is 19.1. The van der Waals surface area contributed by atoms with Crippen LogP contribution in [0.25, 0.3) is 0 Å². The van der Waals surface area contributed by atoms with E-state index in [-0.39, 0.29) is 17.7 Å². The predicted molar refractivity (Wildman–Crippen MR) is 114 cm³/mol. The topological polar surface area (TPSA) is 105 Å². The Labute approximate surface area is 178 Å². The zero-order valence-electron chi connectivity index (χ0n) is 17.6. The van der Waals surface area contributed by atoms with Gasteiger partial charge in [-0.25, -0.2) is 8.42 Å². The van der Waals surface area contributed by atoms with Crippen molar-refractivity contribution in [3.63, 3.8) is 0 Å². The van der Waals surface area contributed by atoms with Gasteiger partial charge in [0.15, 0.2) is 15.7 Å². The number of carbonyl (C=O) groups excluding carboxylic acids is 1. The fraction of sp³-hybridized carbons (Fsp3) is 0.571. The summed E-state index contributed by atoms with van der Waals surface area (Å²) in [6.07, 6.45) is 4.21. The smallest absolute Gasteiger partial charge is 0.226 e. The van der Waals surface area contributed by atoms with Crippen molar-refractivity contribution in [1.82, 2.24) is 15.5 Å². The van der Waals surface area contributed by atoms with Crippen LogP contribution in [0, 0.1) is 0 Å². The van der Waals surface area contributed by atoms with Gasteiger partial charge in [-0.15, -0.1) is 0 Å². The molecule has 0 aliphatic carbocycles. The average Bonchev–Trinajstić information content (AvgIpc) is 3.22. The number of nitrogens with zero attached hydrogens (tertiary/aromatic N) is 3. The molecule has 164 valence electrons. The number of amides is 1. The van der Waals surface area contributed by atoms with Crippen molar-refractivity contribution >= 4 is 21.4 Å². The minimum absolute atomic E-state index is 0.0535. The summed E-state index contributed by atoms with van der Waals surface area (Å²) < 4.78 is 29.0. The molecule has 1 aliphatic heterocycles. The first-order valence-electron chi connectivity index (χ1n) is 10.6. The van der Waals surface area contributed by atoms with Crippen LogP contribution in [0.5, 0.6) is 0 Å². The molecule has 9 heteroatoms. The molecule has 0 atom stereocenters. The molecule has 1 N–H and O–H groups in total. The maximum absolute atomic E-state index is 12.2. The molecule has 1 amide bonds. The summed E-state index contributed by atoms with van der Waals surface area (Å²) in [6, 6.07) is 7.25. The Kier molecular flexibility index (Phi) is 7.47. The summed E-state index contributed by atoms with van der Waals surface area (Å²) in [5, 5.41) is 6.98. The van der Waals surface area contributed by atoms with Gasteiger partial charge in [-0.05, 0) is 43.5 Å². The molecule has 0 bridgehead atoms. The standard InChI is InChI=1S/C21H30N4O4S/c1-3-19-23-21(29-24-19)7-5-6-20(26)22-16-12-14-25(15-13-16)17-8-10-18(11-9-17)30(27,28)4-2/h8-11,16H,3-7,12-15H2,1-2H3,(H,22,26). The van der Waals surface area contributed by atoms with Crippen molar-refractivity contribution in [2.75, 3.05) is 23.7 Å². The van der Waals surface area contributed by atoms with E-state index in [0.717, 1.165) is 38.0 Å². The number of sulfone groups is 1. The SMILES string of the molecule is CCc1noc(CCCC(=O)NC2CCN(c3ccc(S(=O)(=O)CC)cc3)CC2)n1. The summed E-state index contributed by atoms with van der Waals surface area (Å²) in [6.45, 7) is 5.27. The maximum Gasteiger partial charge on any atom is 0.226 e. The third kappa shape index (κ3) is 5.81. The van der Waals surface area contributed by atoms with Crippen LogP contribution in [-0.2, 0) is 27.5 Å². The molecular weight excluding hydrogens is 404 g/mol. The van der Waals surface area contributed by atoms with Gasteiger partial charge in [0.2, 0.25) is 11.8 Å². The van der Waals surface area contributed by atoms with Gasteiger partial charge >= 0.3 is 0 Å². The quantitative estimate of drug-likeness (QED) is 0.646. The summed E-state index contributed by atoms with van der Waals surface area (Å²) >= 11 is 0. The molecule has 1 saturated heterocycles. The number of benzene rings is 1. The van der Waals surface area contributed by atoms with Gasteiger partial charge in [-0.2, -0.15) is 4.98 Å². The Morgan fingerprint density at radius 2 is 1.90 bits per heavy atom. The van der Waals surface area contributed by atoms with Crippen LogP contribution in [0.4, 0.5) is 5.69 Å². The third-order valence-electron chi connectivity index (χ3n) is 5.42. The van der Waals surface area contributed by atoms with Crippen LogP contribution in [0.1, 0.15) is 51.2 Å². The van der Waals surface area contributed by atoms with E-state index >= 15 is 0 Å². The predicted octanol–water partition coefficient (Wildman–Crippen LogP) is 2.53. The van der Waals surface area contributed by atoms with E-state index in [1.54, 1.807) is 19.1 Å². The fourth-order valence-electron chi connectivity index (χ4n) is 3.55. The lowest BCUT2D eigenvalue weighted by Gasteiger charge is -2.34. The van der Waals surface area contributed by atoms with E-state index in [9.17, 15) is 13.2 Å². The van der Waals surface area contributed by atoms with Crippen LogP contribution in [0.3, 0.4) is 0 Å². The summed E-state index contributed by atoms with van der Waals surface area (Å²) in [7, 11) is -3.17. The van der Waals surface area contributed by atoms with Crippen LogP contribution in [0.15, 0.2) is 33.7 Å². The molecule has 1 aromatic heterocycles. The number of aryl methyl sites for hydroxylation is 2. The maximum atomic E-state index is 12.2. The van der Waals surface area contributed by atoms with Crippen molar-refractivity contribution in [2.45, 2.75) is 63.3 Å². The molecule has 2 aromatic rings. The third-order valence-corrected chi connectivity index (χ3v) is 7.17. The molecule has 30 heavy (non-hydrogen) atoms. The Morgan fingerprint density at radius 1 is 1.20 bits per heavy atom. The highest BCUT2D eigenvalue weighted by molar-refractivity contribution is 7.91. The number of hydrogen-bond acceptors (Lipinski definition) is 7. The van der Waals surface area contributed by atoms with Crippen LogP contribution in [0.2, 0.25) is 0 Å². The van der Waals surface area contributed by atoms with Crippen LogP contribution >= 0.6 is 0 Å². The first-order valence-corrected chi connectivity index (χ1v) is 12.2. The average molecular weight is 435 g/mol. The molecule has 8 nitrogen and oxygen atoms in total. The second-order valence-electron chi connectivity index (χ2n) is 7.54. The molecule has 0 saturated carbocycles. The lowest BCUT2D eigenvalue weighted by Crippen LogP contribution is -2.44. The molecule has 2 heterocycles. The Balaban J connectivity index is 1.40. The number of piperidine rings is 1. The Bertz CT molecular complexity index is 932. The van der Waals surface area contributed by atoms with Gasteiger partial charge in [0.1, 0.15) is 0 Å². The zero-order valence-corrected chi connectivity index (χ0v) is 18.5. The summed E-state index contributed by atoms with van der Waals surface area (Å²) in [5.74, 6) is 1.44. The van der Waals surface area contributed by atoms with Gasteiger partial charge in [-0.3, -0.25) is 4.79 Å². The molecule has 1 aliphatic rings. The first-order chi connectivity index (χ1) is 14.4. The number of carbonyl (C=O) groups is 1. The van der Waals surface area contributed by atoms with E-state index < -0.39 is 9.84 Å². The minimum atomic E-state index is -3.17. The minimum Gasteiger partial charge on any atom is -0.371 e. The lowest BCUT2D eigenvalue weighted by molar-refractivity contribution is -0.122. The van der Waals surface area contributed by atoms with Crippen LogP contribution < -0.4 is 10.2 Å². The van der Waals surface area contributed by atoms with Crippen molar-refractivity contribution in [2.24, 2.45) is 0 Å². The first kappa shape index (κ1) is 22.3. The van der Waals surface area contributed by atoms with E-state index in [0.29, 0.717) is 35.9 Å². The Morgan fingerprint density at radius 3 is 2.50 bits per heavy atom. The monoisotopic (exact) mass is 434 g/mol. The van der Waals surface area contributed by atoms with Gasteiger partial charge in [0.25, 0.3) is 0 Å². The van der Waals surface area contributed by atoms with Crippen LogP contribution in [-0.4, -0.2) is 49.3 Å². The molecule has 0 spiro atoms. The van der Waals surface area contributed by atoms with Crippen molar-refractivity contribution in [3.05, 3.63) is 36.0 Å². The molecule has 0 radical (unpaired) electrons. The van der Waals surface area contributed by atoms with E-state index in [1.165, 1.54) is 0 Å². The highest BCUT2D eigenvalue weighted by atomic mass is 32.2. The van der Waals surface area contributed by atoms with E-state index in [2.05, 4.69) is 20.4 Å². The normalized spacial score (nSPS) is 15.3. The van der Waals surface area contributed by atoms with Gasteiger partial charge in [0, 0.05) is 44.1 Å². The number of aromatic nitrogens is 2. The van der Waals surface area contributed by atoms with Crippen molar-refractivity contribution in [1.29, 1.82) is 0 Å². The van der Waals surface area contributed by atoms with Gasteiger partial charge in [-0.1, -0.05) is 19.0 Å². The highest BCUT2D eigenvalue weighted by Gasteiger charge is 2.21. The molecule has 1 fully saturated rings. The zero-order chi connectivity index (χ0) is 21.6. The van der Waals surface area contributed by atoms with Crippen molar-refractivity contribution < 1.29 is 17.7 Å². The van der Waals surface area contributed by atoms with Gasteiger partial charge in [0.05, 0.1) is 10.6 Å². The fourth-order valence-corrected chi connectivity index (χ4v) is 4.43. The molecular formula is C21H30N4O4S. The second kappa shape index (κ2) is 10.1. The molecule has 1 aromatic carbocycles. The largest absolute Gasteiger partial charge is 0.371 e. The highest BCUT2D eigenvalue weighted by Crippen LogP contribution is 2.22. The number of rotatable bonds is 9. The number of hydrogen-bond donors (Lipinski definition) is 1.